The number of furan rings is 1. The van der Waals surface area contributed by atoms with E-state index in [0.29, 0.717) is 22.9 Å². The first-order valence-electron chi connectivity index (χ1n) is 5.90. The normalized spacial score (nSPS) is 13.4. The number of ether oxygens (including phenoxy) is 2. The maximum atomic E-state index is 12.3. The fourth-order valence-corrected chi connectivity index (χ4v) is 3.90. The summed E-state index contributed by atoms with van der Waals surface area (Å²) >= 11 is 3.07. The summed E-state index contributed by atoms with van der Waals surface area (Å²) in [6.07, 6.45) is 0. The number of anilines is 1. The van der Waals surface area contributed by atoms with E-state index in [0.717, 1.165) is 0 Å². The number of hydrogen-bond acceptors (Lipinski definition) is 6. The van der Waals surface area contributed by atoms with Gasteiger partial charge < -0.3 is 19.6 Å². The molecule has 0 aliphatic carbocycles. The Morgan fingerprint density at radius 1 is 1.24 bits per heavy atom. The molecule has 3 N–H and O–H groups in total. The van der Waals surface area contributed by atoms with Gasteiger partial charge in [0.15, 0.2) is 16.2 Å². The Balaban J connectivity index is 1.90. The lowest BCUT2D eigenvalue weighted by molar-refractivity contribution is 0.174. The number of halogens is 1. The van der Waals surface area contributed by atoms with E-state index in [4.69, 9.17) is 19.6 Å². The molecule has 0 unspecified atom stereocenters. The Kier molecular flexibility index (Phi) is 3.56. The smallest absolute Gasteiger partial charge is 0.266 e. The second kappa shape index (κ2) is 5.24. The van der Waals surface area contributed by atoms with Crippen LogP contribution in [0.4, 0.5) is 5.69 Å². The first-order chi connectivity index (χ1) is 9.99. The molecule has 1 aromatic heterocycles. The van der Waals surface area contributed by atoms with Crippen molar-refractivity contribution >= 4 is 31.6 Å². The van der Waals surface area contributed by atoms with Crippen LogP contribution in [0.5, 0.6) is 11.5 Å². The molecule has 2 aromatic rings. The van der Waals surface area contributed by atoms with Crippen LogP contribution in [0.15, 0.2) is 38.2 Å². The molecule has 0 spiro atoms. The Bertz CT molecular complexity index is 787. The van der Waals surface area contributed by atoms with E-state index in [1.807, 2.05) is 0 Å². The van der Waals surface area contributed by atoms with Crippen molar-refractivity contribution in [2.24, 2.45) is 5.73 Å². The highest BCUT2D eigenvalue weighted by molar-refractivity contribution is 9.10. The summed E-state index contributed by atoms with van der Waals surface area (Å²) in [5.41, 5.74) is 5.79. The molecule has 0 bridgehead atoms. The second-order valence-corrected chi connectivity index (χ2v) is 6.60. The zero-order chi connectivity index (χ0) is 15.0. The fraction of sp³-hybridized carbons (Fsp3) is 0.167. The van der Waals surface area contributed by atoms with Gasteiger partial charge in [0, 0.05) is 12.1 Å². The number of nitrogens with two attached hydrogens (primary N) is 1. The van der Waals surface area contributed by atoms with Crippen LogP contribution in [-0.4, -0.2) is 15.2 Å². The molecular formula is C12H11BrN2O5S. The number of hydrogen-bond donors (Lipinski definition) is 2. The highest BCUT2D eigenvalue weighted by Gasteiger charge is 2.23. The third-order valence-electron chi connectivity index (χ3n) is 2.82. The Morgan fingerprint density at radius 2 is 2.00 bits per heavy atom. The lowest BCUT2D eigenvalue weighted by atomic mass is 10.3. The van der Waals surface area contributed by atoms with Gasteiger partial charge in [-0.25, -0.2) is 8.42 Å². The summed E-state index contributed by atoms with van der Waals surface area (Å²) < 4.78 is 42.8. The van der Waals surface area contributed by atoms with E-state index in [1.54, 1.807) is 18.2 Å². The summed E-state index contributed by atoms with van der Waals surface area (Å²) in [6.45, 7) is 0.233. The van der Waals surface area contributed by atoms with Crippen molar-refractivity contribution in [1.29, 1.82) is 0 Å². The summed E-state index contributed by atoms with van der Waals surface area (Å²) in [5, 5.41) is 0. The second-order valence-electron chi connectivity index (χ2n) is 4.23. The molecule has 0 amide bonds. The molecular weight excluding hydrogens is 364 g/mol. The standard InChI is InChI=1S/C12H11BrN2O5S/c13-12-11(4-8(5-14)20-12)21(16,17)15-7-1-2-9-10(3-7)19-6-18-9/h1-4,15H,5-6,14H2. The molecule has 7 nitrogen and oxygen atoms in total. The predicted molar refractivity (Wildman–Crippen MR) is 77.7 cm³/mol. The molecule has 9 heteroatoms. The molecule has 0 saturated carbocycles. The first kappa shape index (κ1) is 14.2. The average molecular weight is 375 g/mol. The summed E-state index contributed by atoms with van der Waals surface area (Å²) in [5.74, 6) is 1.44. The SMILES string of the molecule is NCc1cc(S(=O)(=O)Nc2ccc3c(c2)OCO3)c(Br)o1. The van der Waals surface area contributed by atoms with Crippen LogP contribution in [0, 0.1) is 0 Å². The zero-order valence-electron chi connectivity index (χ0n) is 10.6. The lowest BCUT2D eigenvalue weighted by Gasteiger charge is -2.07. The van der Waals surface area contributed by atoms with Gasteiger partial charge in [-0.1, -0.05) is 0 Å². The highest BCUT2D eigenvalue weighted by Crippen LogP contribution is 2.35. The van der Waals surface area contributed by atoms with Crippen LogP contribution in [0.1, 0.15) is 5.76 Å². The number of sulfonamides is 1. The van der Waals surface area contributed by atoms with E-state index in [-0.39, 0.29) is 22.9 Å². The van der Waals surface area contributed by atoms with Crippen molar-refractivity contribution in [3.8, 4) is 11.5 Å². The number of rotatable bonds is 4. The van der Waals surface area contributed by atoms with E-state index in [2.05, 4.69) is 20.7 Å². The molecule has 1 aliphatic heterocycles. The quantitative estimate of drug-likeness (QED) is 0.848. The fourth-order valence-electron chi connectivity index (χ4n) is 1.85. The average Bonchev–Trinajstić information content (AvgIpc) is 3.04. The van der Waals surface area contributed by atoms with E-state index in [9.17, 15) is 8.42 Å². The van der Waals surface area contributed by atoms with Gasteiger partial charge in [-0.3, -0.25) is 4.72 Å². The highest BCUT2D eigenvalue weighted by atomic mass is 79.9. The number of fused-ring (bicyclic) bond motifs is 1. The Labute approximate surface area is 129 Å². The first-order valence-corrected chi connectivity index (χ1v) is 8.18. The van der Waals surface area contributed by atoms with Crippen molar-refractivity contribution in [3.05, 3.63) is 34.7 Å². The molecule has 1 aromatic carbocycles. The van der Waals surface area contributed by atoms with Crippen molar-refractivity contribution in [2.45, 2.75) is 11.4 Å². The van der Waals surface area contributed by atoms with E-state index >= 15 is 0 Å². The van der Waals surface area contributed by atoms with Crippen LogP contribution < -0.4 is 19.9 Å². The van der Waals surface area contributed by atoms with Gasteiger partial charge >= 0.3 is 0 Å². The minimum Gasteiger partial charge on any atom is -0.454 e. The van der Waals surface area contributed by atoms with Crippen molar-refractivity contribution < 1.29 is 22.3 Å². The summed E-state index contributed by atoms with van der Waals surface area (Å²) in [6, 6.07) is 6.15. The van der Waals surface area contributed by atoms with Crippen molar-refractivity contribution in [1.82, 2.24) is 0 Å². The maximum absolute atomic E-state index is 12.3. The van der Waals surface area contributed by atoms with Gasteiger partial charge in [0.05, 0.1) is 12.2 Å². The van der Waals surface area contributed by atoms with Crippen LogP contribution in [-0.2, 0) is 16.6 Å². The Morgan fingerprint density at radius 3 is 2.71 bits per heavy atom. The predicted octanol–water partition coefficient (Wildman–Crippen LogP) is 2.03. The van der Waals surface area contributed by atoms with Gasteiger partial charge in [-0.05, 0) is 28.1 Å². The largest absolute Gasteiger partial charge is 0.454 e. The van der Waals surface area contributed by atoms with Crippen molar-refractivity contribution in [2.75, 3.05) is 11.5 Å². The molecule has 1 aliphatic rings. The lowest BCUT2D eigenvalue weighted by Crippen LogP contribution is -2.12. The minimum absolute atomic E-state index is 0.0133. The van der Waals surface area contributed by atoms with Gasteiger partial charge in [0.25, 0.3) is 10.0 Å². The van der Waals surface area contributed by atoms with Gasteiger partial charge in [0.1, 0.15) is 10.7 Å². The molecule has 0 saturated heterocycles. The van der Waals surface area contributed by atoms with Gasteiger partial charge in [-0.2, -0.15) is 0 Å². The van der Waals surface area contributed by atoms with Gasteiger partial charge in [0.2, 0.25) is 6.79 Å². The molecule has 0 radical (unpaired) electrons. The van der Waals surface area contributed by atoms with Crippen LogP contribution in [0.2, 0.25) is 0 Å². The maximum Gasteiger partial charge on any atom is 0.266 e. The molecule has 0 fully saturated rings. The third kappa shape index (κ3) is 2.71. The number of nitrogens with one attached hydrogen (secondary N) is 1. The topological polar surface area (TPSA) is 104 Å². The van der Waals surface area contributed by atoms with Crippen LogP contribution in [0.3, 0.4) is 0 Å². The zero-order valence-corrected chi connectivity index (χ0v) is 13.0. The Hall–Kier alpha value is -1.71. The van der Waals surface area contributed by atoms with Crippen LogP contribution >= 0.6 is 15.9 Å². The van der Waals surface area contributed by atoms with E-state index in [1.165, 1.54) is 6.07 Å². The van der Waals surface area contributed by atoms with E-state index < -0.39 is 10.0 Å². The third-order valence-corrected chi connectivity index (χ3v) is 5.06. The summed E-state index contributed by atoms with van der Waals surface area (Å²) in [7, 11) is -3.79. The molecule has 2 heterocycles. The molecule has 0 atom stereocenters. The van der Waals surface area contributed by atoms with Crippen molar-refractivity contribution in [3.63, 3.8) is 0 Å². The molecule has 21 heavy (non-hydrogen) atoms. The summed E-state index contributed by atoms with van der Waals surface area (Å²) in [4.78, 5) is -0.0133. The minimum atomic E-state index is -3.79. The van der Waals surface area contributed by atoms with Crippen LogP contribution in [0.25, 0.3) is 0 Å². The molecule has 112 valence electrons. The van der Waals surface area contributed by atoms with Gasteiger partial charge in [-0.15, -0.1) is 0 Å². The monoisotopic (exact) mass is 374 g/mol. The molecule has 3 rings (SSSR count). The number of benzene rings is 1.